The third-order valence-corrected chi connectivity index (χ3v) is 7.30. The summed E-state index contributed by atoms with van der Waals surface area (Å²) in [5.74, 6) is -0.585. The Bertz CT molecular complexity index is 1220. The Morgan fingerprint density at radius 2 is 1.81 bits per heavy atom. The van der Waals surface area contributed by atoms with E-state index in [1.165, 1.54) is 6.92 Å². The van der Waals surface area contributed by atoms with E-state index in [9.17, 15) is 13.6 Å². The minimum atomic E-state index is -0.784. The van der Waals surface area contributed by atoms with E-state index in [1.54, 1.807) is 6.20 Å². The van der Waals surface area contributed by atoms with Crippen LogP contribution in [-0.2, 0) is 4.79 Å². The van der Waals surface area contributed by atoms with Gasteiger partial charge in [-0.15, -0.1) is 0 Å². The molecule has 194 valence electrons. The van der Waals surface area contributed by atoms with Crippen molar-refractivity contribution >= 4 is 17.7 Å². The predicted octanol–water partition coefficient (Wildman–Crippen LogP) is 5.29. The molecule has 37 heavy (non-hydrogen) atoms. The van der Waals surface area contributed by atoms with Gasteiger partial charge in [-0.05, 0) is 68.9 Å². The summed E-state index contributed by atoms with van der Waals surface area (Å²) >= 11 is 0. The van der Waals surface area contributed by atoms with Crippen LogP contribution in [0.1, 0.15) is 49.8 Å². The van der Waals surface area contributed by atoms with E-state index >= 15 is 0 Å². The Hall–Kier alpha value is -3.55. The van der Waals surface area contributed by atoms with E-state index in [2.05, 4.69) is 22.0 Å². The summed E-state index contributed by atoms with van der Waals surface area (Å²) in [6.45, 7) is 3.64. The van der Waals surface area contributed by atoms with Crippen molar-refractivity contribution < 1.29 is 18.3 Å². The number of allylic oxidation sites excluding steroid dienone is 3. The Kier molecular flexibility index (Phi) is 7.63. The number of amides is 1. The van der Waals surface area contributed by atoms with Crippen molar-refractivity contribution in [3.63, 3.8) is 0 Å². The van der Waals surface area contributed by atoms with Gasteiger partial charge in [-0.2, -0.15) is 0 Å². The largest absolute Gasteiger partial charge is 0.477 e. The van der Waals surface area contributed by atoms with Gasteiger partial charge in [0.25, 0.3) is 5.91 Å². The highest BCUT2D eigenvalue weighted by molar-refractivity contribution is 6.09. The van der Waals surface area contributed by atoms with Crippen LogP contribution in [0, 0.1) is 18.6 Å². The number of aliphatic imine (C=N–C) groups is 1. The van der Waals surface area contributed by atoms with Crippen LogP contribution in [0.3, 0.4) is 0 Å². The molecule has 0 N–H and O–H groups in total. The fourth-order valence-corrected chi connectivity index (χ4v) is 5.19. The Balaban J connectivity index is 1.19. The van der Waals surface area contributed by atoms with Gasteiger partial charge >= 0.3 is 0 Å². The van der Waals surface area contributed by atoms with E-state index in [4.69, 9.17) is 9.73 Å². The molecule has 1 amide bonds. The van der Waals surface area contributed by atoms with Gasteiger partial charge < -0.3 is 14.5 Å². The lowest BCUT2D eigenvalue weighted by atomic mass is 10.0. The molecule has 1 aromatic heterocycles. The first-order valence-corrected chi connectivity index (χ1v) is 13.0. The van der Waals surface area contributed by atoms with Crippen LogP contribution in [0.2, 0.25) is 0 Å². The minimum Gasteiger partial charge on any atom is -0.477 e. The van der Waals surface area contributed by atoms with Crippen LogP contribution in [0.15, 0.2) is 59.5 Å². The molecule has 2 aromatic rings. The lowest BCUT2D eigenvalue weighted by Crippen LogP contribution is -2.46. The Morgan fingerprint density at radius 3 is 2.59 bits per heavy atom. The number of benzene rings is 1. The molecule has 6 nitrogen and oxygen atoms in total. The Morgan fingerprint density at radius 1 is 1.00 bits per heavy atom. The van der Waals surface area contributed by atoms with Crippen LogP contribution in [0.25, 0.3) is 5.57 Å². The lowest BCUT2D eigenvalue weighted by molar-refractivity contribution is -0.136. The highest BCUT2D eigenvalue weighted by atomic mass is 19.1. The maximum atomic E-state index is 14.2. The van der Waals surface area contributed by atoms with Crippen LogP contribution in [0.5, 0.6) is 5.75 Å². The first kappa shape index (κ1) is 25.1. The highest BCUT2D eigenvalue weighted by Gasteiger charge is 2.39. The number of hydrogen-bond donors (Lipinski definition) is 0. The predicted molar refractivity (Wildman–Crippen MR) is 139 cm³/mol. The van der Waals surface area contributed by atoms with Gasteiger partial charge in [0.05, 0.1) is 5.69 Å². The quantitative estimate of drug-likeness (QED) is 0.553. The first-order chi connectivity index (χ1) is 18.0. The first-order valence-electron chi connectivity index (χ1n) is 13.0. The number of nitrogens with zero attached hydrogens (tertiary/aromatic N) is 4. The molecule has 1 atom stereocenters. The molecule has 0 saturated carbocycles. The van der Waals surface area contributed by atoms with E-state index < -0.39 is 17.7 Å². The molecule has 5 rings (SSSR count). The van der Waals surface area contributed by atoms with Gasteiger partial charge in [0.2, 0.25) is 0 Å². The molecule has 8 heteroatoms. The maximum Gasteiger partial charge on any atom is 0.263 e. The minimum absolute atomic E-state index is 0.0989. The maximum absolute atomic E-state index is 14.2. The molecule has 1 aromatic carbocycles. The summed E-state index contributed by atoms with van der Waals surface area (Å²) in [5, 5.41) is 0. The number of pyridine rings is 1. The van der Waals surface area contributed by atoms with Gasteiger partial charge in [0, 0.05) is 56.1 Å². The summed E-state index contributed by atoms with van der Waals surface area (Å²) in [6, 6.07) is 8.11. The van der Waals surface area contributed by atoms with E-state index in [-0.39, 0.29) is 23.3 Å². The van der Waals surface area contributed by atoms with E-state index in [0.717, 1.165) is 74.4 Å². The smallest absolute Gasteiger partial charge is 0.263 e. The van der Waals surface area contributed by atoms with Gasteiger partial charge in [-0.3, -0.25) is 9.78 Å². The number of rotatable bonds is 5. The normalized spacial score (nSPS) is 23.5. The summed E-state index contributed by atoms with van der Waals surface area (Å²) in [5.41, 5.74) is 2.16. The number of hydrogen-bond acceptors (Lipinski definition) is 5. The van der Waals surface area contributed by atoms with Gasteiger partial charge in [0.1, 0.15) is 11.6 Å². The molecule has 2 saturated heterocycles. The molecule has 0 spiro atoms. The summed E-state index contributed by atoms with van der Waals surface area (Å²) in [4.78, 5) is 26.5. The molecule has 0 unspecified atom stereocenters. The molecule has 3 aliphatic heterocycles. The zero-order chi connectivity index (χ0) is 25.8. The average molecular weight is 507 g/mol. The highest BCUT2D eigenvalue weighted by Crippen LogP contribution is 2.29. The van der Waals surface area contributed by atoms with Crippen molar-refractivity contribution in [3.05, 3.63) is 77.4 Å². The molecule has 0 aliphatic carbocycles. The molecule has 0 radical (unpaired) electrons. The molecule has 3 aliphatic rings. The molecule has 4 heterocycles. The summed E-state index contributed by atoms with van der Waals surface area (Å²) in [6.07, 6.45) is 12.4. The molecular formula is C29H32F2N4O2. The van der Waals surface area contributed by atoms with Crippen LogP contribution in [-0.4, -0.2) is 58.7 Å². The second-order valence-corrected chi connectivity index (χ2v) is 9.80. The molecular weight excluding hydrogens is 474 g/mol. The number of carbonyl (C=O) groups excluding carboxylic acids is 1. The van der Waals surface area contributed by atoms with Gasteiger partial charge in [0.15, 0.2) is 17.7 Å². The van der Waals surface area contributed by atoms with Crippen LogP contribution >= 0.6 is 0 Å². The number of ether oxygens (including phenoxy) is 1. The summed E-state index contributed by atoms with van der Waals surface area (Å²) < 4.78 is 33.8. The number of aryl methyl sites for hydroxylation is 1. The zero-order valence-corrected chi connectivity index (χ0v) is 21.1. The van der Waals surface area contributed by atoms with Crippen LogP contribution in [0.4, 0.5) is 8.78 Å². The van der Waals surface area contributed by atoms with Crippen LogP contribution < -0.4 is 4.74 Å². The fraction of sp³-hybridized carbons (Fsp3) is 0.414. The second-order valence-electron chi connectivity index (χ2n) is 9.80. The van der Waals surface area contributed by atoms with Crippen molar-refractivity contribution in [3.8, 4) is 5.75 Å². The van der Waals surface area contributed by atoms with Crippen molar-refractivity contribution in [1.82, 2.24) is 14.8 Å². The summed E-state index contributed by atoms with van der Waals surface area (Å²) in [7, 11) is 0. The second kappa shape index (κ2) is 11.2. The standard InChI is InChI=1S/C29H32F2N4O2/c1-20-17-24(31)27(18-23(20)30)37-26-12-16-35(29(26)36)22-10-14-34(15-11-22)28-9-4-2-3-7-21(19-33-28)25-8-5-6-13-32-25/h5-9,13,17-19,22,26H,2-4,10-12,14-16H2,1H3/b21-7?,28-9-,33-19-/t26-/m0/s1. The van der Waals surface area contributed by atoms with Crippen molar-refractivity contribution in [2.45, 2.75) is 57.6 Å². The van der Waals surface area contributed by atoms with Crippen molar-refractivity contribution in [1.29, 1.82) is 0 Å². The molecule has 0 bridgehead atoms. The monoisotopic (exact) mass is 506 g/mol. The third kappa shape index (κ3) is 5.73. The topological polar surface area (TPSA) is 58.0 Å². The van der Waals surface area contributed by atoms with Gasteiger partial charge in [-0.25, -0.2) is 13.8 Å². The third-order valence-electron chi connectivity index (χ3n) is 7.30. The van der Waals surface area contributed by atoms with E-state index in [0.29, 0.717) is 13.0 Å². The SMILES string of the molecule is Cc1cc(F)c(O[C@H]2CCN(C3CCN(C4=C\CCCC=C(c5ccccn5)/C=N\4)CC3)C2=O)cc1F. The van der Waals surface area contributed by atoms with Gasteiger partial charge in [-0.1, -0.05) is 12.1 Å². The van der Waals surface area contributed by atoms with E-state index in [1.807, 2.05) is 29.3 Å². The number of carbonyl (C=O) groups is 1. The Labute approximate surface area is 216 Å². The zero-order valence-electron chi connectivity index (χ0n) is 21.1. The fourth-order valence-electron chi connectivity index (χ4n) is 5.19. The molecule has 2 fully saturated rings. The average Bonchev–Trinajstić information content (AvgIpc) is 3.33. The number of aromatic nitrogens is 1. The number of likely N-dealkylation sites (tertiary alicyclic amines) is 2. The number of halogens is 2. The van der Waals surface area contributed by atoms with Crippen molar-refractivity contribution in [2.75, 3.05) is 19.6 Å². The number of piperidine rings is 1. The van der Waals surface area contributed by atoms with Crippen molar-refractivity contribution in [2.24, 2.45) is 4.99 Å². The lowest BCUT2D eigenvalue weighted by Gasteiger charge is -2.37.